The van der Waals surface area contributed by atoms with Crippen molar-refractivity contribution >= 4 is 33.0 Å². The Kier molecular flexibility index (Phi) is 20.4. The molecule has 7 heteroatoms. The lowest BCUT2D eigenvalue weighted by Gasteiger charge is -2.29. The van der Waals surface area contributed by atoms with Gasteiger partial charge >= 0.3 is 0 Å². The number of anilines is 1. The van der Waals surface area contributed by atoms with Crippen molar-refractivity contribution in [3.05, 3.63) is 40.4 Å². The van der Waals surface area contributed by atoms with Gasteiger partial charge in [-0.15, -0.1) is 10.2 Å². The standard InChI is InChI=1S/C39H61BrN4O2/c1-7-13-17-23-44(24-18-14-8-2)37-27-38(45-29-31(11-5)19-15-9-3)36(26-39(37)46-30-32(12-6)20-16-10-4)43-42-35-22-21-33(28-41)25-34(35)40/h21-22,25-27,31-32H,7-20,23-24,29-30H2,1-6H3. The largest absolute Gasteiger partial charge is 0.491 e. The second kappa shape index (κ2) is 23.7. The van der Waals surface area contributed by atoms with Crippen LogP contribution in [0.1, 0.15) is 137 Å². The number of nitriles is 1. The highest BCUT2D eigenvalue weighted by atomic mass is 79.9. The molecule has 0 bridgehead atoms. The van der Waals surface area contributed by atoms with E-state index in [-0.39, 0.29) is 0 Å². The van der Waals surface area contributed by atoms with E-state index >= 15 is 0 Å². The SMILES string of the molecule is CCCCCN(CCCCC)c1cc(OCC(CC)CCCC)c(N=Nc2ccc(C#N)cc2Br)cc1OCC(CC)CCCC. The second-order valence-electron chi connectivity index (χ2n) is 12.6. The van der Waals surface area contributed by atoms with E-state index in [4.69, 9.17) is 14.6 Å². The first-order valence-corrected chi connectivity index (χ1v) is 19.0. The predicted octanol–water partition coefficient (Wildman–Crippen LogP) is 13.1. The third kappa shape index (κ3) is 14.0. The van der Waals surface area contributed by atoms with Crippen LogP contribution in [0.3, 0.4) is 0 Å². The molecule has 0 aliphatic carbocycles. The smallest absolute Gasteiger partial charge is 0.149 e. The van der Waals surface area contributed by atoms with Crippen LogP contribution in [0.15, 0.2) is 45.0 Å². The van der Waals surface area contributed by atoms with Crippen molar-refractivity contribution in [3.8, 4) is 17.6 Å². The van der Waals surface area contributed by atoms with Crippen molar-refractivity contribution < 1.29 is 9.47 Å². The minimum absolute atomic E-state index is 0.492. The number of unbranched alkanes of at least 4 members (excludes halogenated alkanes) is 6. The average Bonchev–Trinajstić information content (AvgIpc) is 3.07. The quantitative estimate of drug-likeness (QED) is 0.0765. The Morgan fingerprint density at radius 2 is 1.24 bits per heavy atom. The lowest BCUT2D eigenvalue weighted by atomic mass is 10.0. The van der Waals surface area contributed by atoms with Gasteiger partial charge in [-0.2, -0.15) is 5.26 Å². The number of ether oxygens (including phenoxy) is 2. The summed E-state index contributed by atoms with van der Waals surface area (Å²) in [6.45, 7) is 16.9. The normalized spacial score (nSPS) is 12.7. The van der Waals surface area contributed by atoms with E-state index in [9.17, 15) is 5.26 Å². The molecule has 2 aromatic rings. The van der Waals surface area contributed by atoms with E-state index in [0.717, 1.165) is 66.9 Å². The Labute approximate surface area is 289 Å². The molecule has 0 amide bonds. The van der Waals surface area contributed by atoms with Crippen LogP contribution in [0.25, 0.3) is 0 Å². The number of halogens is 1. The van der Waals surface area contributed by atoms with Gasteiger partial charge < -0.3 is 14.4 Å². The van der Waals surface area contributed by atoms with Crippen molar-refractivity contribution in [2.24, 2.45) is 22.1 Å². The molecule has 0 aromatic heterocycles. The molecule has 2 aromatic carbocycles. The minimum Gasteiger partial charge on any atom is -0.491 e. The number of benzene rings is 2. The molecule has 0 N–H and O–H groups in total. The lowest BCUT2D eigenvalue weighted by Crippen LogP contribution is -2.27. The topological polar surface area (TPSA) is 70.2 Å². The minimum atomic E-state index is 0.492. The molecule has 0 saturated carbocycles. The van der Waals surface area contributed by atoms with E-state index in [0.29, 0.717) is 42.0 Å². The fourth-order valence-corrected chi connectivity index (χ4v) is 5.99. The van der Waals surface area contributed by atoms with Crippen LogP contribution in [-0.4, -0.2) is 26.3 Å². The fourth-order valence-electron chi connectivity index (χ4n) is 5.53. The molecule has 2 unspecified atom stereocenters. The first-order chi connectivity index (χ1) is 22.4. The monoisotopic (exact) mass is 696 g/mol. The summed E-state index contributed by atoms with van der Waals surface area (Å²) in [4.78, 5) is 2.52. The maximum absolute atomic E-state index is 9.31. The maximum atomic E-state index is 9.31. The highest BCUT2D eigenvalue weighted by Gasteiger charge is 2.20. The molecule has 0 aliphatic heterocycles. The van der Waals surface area contributed by atoms with Gasteiger partial charge in [0.15, 0.2) is 0 Å². The van der Waals surface area contributed by atoms with Gasteiger partial charge in [0.1, 0.15) is 17.2 Å². The van der Waals surface area contributed by atoms with Crippen molar-refractivity contribution in [3.63, 3.8) is 0 Å². The Bertz CT molecular complexity index is 1190. The third-order valence-corrected chi connectivity index (χ3v) is 9.46. The molecular weight excluding hydrogens is 636 g/mol. The van der Waals surface area contributed by atoms with E-state index < -0.39 is 0 Å². The summed E-state index contributed by atoms with van der Waals surface area (Å²) >= 11 is 3.57. The van der Waals surface area contributed by atoms with Crippen LogP contribution in [0, 0.1) is 23.2 Å². The predicted molar refractivity (Wildman–Crippen MR) is 198 cm³/mol. The molecule has 0 aliphatic rings. The molecule has 2 atom stereocenters. The molecule has 46 heavy (non-hydrogen) atoms. The summed E-state index contributed by atoms with van der Waals surface area (Å²) in [6, 6.07) is 11.8. The van der Waals surface area contributed by atoms with Gasteiger partial charge in [-0.1, -0.05) is 106 Å². The Morgan fingerprint density at radius 3 is 1.74 bits per heavy atom. The van der Waals surface area contributed by atoms with Gasteiger partial charge in [0.2, 0.25) is 0 Å². The zero-order chi connectivity index (χ0) is 33.6. The Balaban J connectivity index is 2.63. The van der Waals surface area contributed by atoms with E-state index in [1.165, 1.54) is 57.8 Å². The summed E-state index contributed by atoms with van der Waals surface area (Å²) in [5.74, 6) is 2.62. The molecule has 0 saturated heterocycles. The first-order valence-electron chi connectivity index (χ1n) is 18.2. The van der Waals surface area contributed by atoms with E-state index in [1.54, 1.807) is 12.1 Å². The molecule has 0 spiro atoms. The van der Waals surface area contributed by atoms with Gasteiger partial charge in [-0.05, 0) is 71.6 Å². The Hall–Kier alpha value is -2.59. The summed E-state index contributed by atoms with van der Waals surface area (Å²) < 4.78 is 14.1. The van der Waals surface area contributed by atoms with Gasteiger partial charge in [-0.25, -0.2) is 0 Å². The van der Waals surface area contributed by atoms with Gasteiger partial charge in [0.05, 0.1) is 36.2 Å². The van der Waals surface area contributed by atoms with Crippen LogP contribution >= 0.6 is 15.9 Å². The summed E-state index contributed by atoms with van der Waals surface area (Å²) in [5.41, 5.74) is 3.02. The van der Waals surface area contributed by atoms with E-state index in [2.05, 4.69) is 85.7 Å². The summed E-state index contributed by atoms with van der Waals surface area (Å²) in [6.07, 6.45) is 16.4. The van der Waals surface area contributed by atoms with Crippen LogP contribution in [0.2, 0.25) is 0 Å². The molecule has 6 nitrogen and oxygen atoms in total. The zero-order valence-electron chi connectivity index (χ0n) is 29.8. The average molecular weight is 698 g/mol. The molecular formula is C39H61BrN4O2. The first kappa shape index (κ1) is 39.6. The van der Waals surface area contributed by atoms with Gasteiger partial charge in [0, 0.05) is 29.7 Å². The molecule has 0 heterocycles. The van der Waals surface area contributed by atoms with Crippen LogP contribution in [-0.2, 0) is 0 Å². The second-order valence-corrected chi connectivity index (χ2v) is 13.5. The summed E-state index contributed by atoms with van der Waals surface area (Å²) in [5, 5.41) is 18.7. The molecule has 2 rings (SSSR count). The maximum Gasteiger partial charge on any atom is 0.149 e. The van der Waals surface area contributed by atoms with Crippen molar-refractivity contribution in [1.29, 1.82) is 5.26 Å². The highest BCUT2D eigenvalue weighted by molar-refractivity contribution is 9.10. The number of rotatable bonds is 25. The molecule has 0 radical (unpaired) electrons. The zero-order valence-corrected chi connectivity index (χ0v) is 31.3. The Morgan fingerprint density at radius 1 is 0.696 bits per heavy atom. The van der Waals surface area contributed by atoms with Gasteiger partial charge in [0.25, 0.3) is 0 Å². The van der Waals surface area contributed by atoms with Crippen LogP contribution in [0.5, 0.6) is 11.5 Å². The molecule has 256 valence electrons. The third-order valence-electron chi connectivity index (χ3n) is 8.82. The van der Waals surface area contributed by atoms with Crippen molar-refractivity contribution in [1.82, 2.24) is 0 Å². The van der Waals surface area contributed by atoms with Crippen molar-refractivity contribution in [2.45, 2.75) is 131 Å². The summed E-state index contributed by atoms with van der Waals surface area (Å²) in [7, 11) is 0. The van der Waals surface area contributed by atoms with Gasteiger partial charge in [-0.3, -0.25) is 0 Å². The van der Waals surface area contributed by atoms with Crippen LogP contribution in [0.4, 0.5) is 17.1 Å². The number of nitrogens with zero attached hydrogens (tertiary/aromatic N) is 4. The number of hydrogen-bond acceptors (Lipinski definition) is 6. The van der Waals surface area contributed by atoms with E-state index in [1.807, 2.05) is 6.07 Å². The van der Waals surface area contributed by atoms with Crippen molar-refractivity contribution in [2.75, 3.05) is 31.2 Å². The molecule has 0 fully saturated rings. The van der Waals surface area contributed by atoms with Crippen LogP contribution < -0.4 is 14.4 Å². The number of azo groups is 1. The highest BCUT2D eigenvalue weighted by Crippen LogP contribution is 2.42. The fraction of sp³-hybridized carbons (Fsp3) is 0.667. The number of hydrogen-bond donors (Lipinski definition) is 0. The lowest BCUT2D eigenvalue weighted by molar-refractivity contribution is 0.228.